The smallest absolute Gasteiger partial charge is 0.303 e. The molecule has 1 atom stereocenters. The standard InChI is InChI=1S/C31H49NO6/c1-4-5-6-7-8-11-16-27(33)17-12-9-10-14-24-38-29-21-20-28(25-26(29)19-22-31(35)36)37-23-15-13-18-30(34)32(2)3/h8,11-12,17,20-21,25,27,33H,4-7,9-10,13-16,18-19,22-24H2,1-3H3,(H,35,36). The molecular formula is C31H49NO6. The molecule has 0 bridgehead atoms. The van der Waals surface area contributed by atoms with E-state index in [1.54, 1.807) is 19.0 Å². The fourth-order valence-corrected chi connectivity index (χ4v) is 3.76. The normalized spacial score (nSPS) is 12.2. The van der Waals surface area contributed by atoms with Gasteiger partial charge in [-0.15, -0.1) is 0 Å². The zero-order valence-corrected chi connectivity index (χ0v) is 23.7. The highest BCUT2D eigenvalue weighted by atomic mass is 16.5. The second kappa shape index (κ2) is 21.2. The number of nitrogens with zero attached hydrogens (tertiary/aromatic N) is 1. The molecule has 0 saturated heterocycles. The number of aliphatic carboxylic acids is 1. The van der Waals surface area contributed by atoms with Gasteiger partial charge in [-0.1, -0.05) is 44.1 Å². The third-order valence-electron chi connectivity index (χ3n) is 6.09. The molecule has 1 aromatic carbocycles. The third-order valence-corrected chi connectivity index (χ3v) is 6.09. The van der Waals surface area contributed by atoms with E-state index >= 15 is 0 Å². The molecule has 1 unspecified atom stereocenters. The Morgan fingerprint density at radius 1 is 0.921 bits per heavy atom. The van der Waals surface area contributed by atoms with Crippen molar-refractivity contribution in [1.29, 1.82) is 0 Å². The lowest BCUT2D eigenvalue weighted by molar-refractivity contribution is -0.137. The first-order valence-corrected chi connectivity index (χ1v) is 14.1. The van der Waals surface area contributed by atoms with Crippen molar-refractivity contribution in [1.82, 2.24) is 4.90 Å². The Morgan fingerprint density at radius 2 is 1.63 bits per heavy atom. The number of benzene rings is 1. The monoisotopic (exact) mass is 531 g/mol. The number of ether oxygens (including phenoxy) is 2. The van der Waals surface area contributed by atoms with Crippen molar-refractivity contribution in [2.24, 2.45) is 0 Å². The number of carbonyl (C=O) groups is 2. The summed E-state index contributed by atoms with van der Waals surface area (Å²) in [6.07, 6.45) is 18.2. The van der Waals surface area contributed by atoms with Crippen molar-refractivity contribution in [3.05, 3.63) is 48.1 Å². The number of carboxylic acid groups (broad SMARTS) is 1. The van der Waals surface area contributed by atoms with Crippen molar-refractivity contribution in [2.75, 3.05) is 27.3 Å². The highest BCUT2D eigenvalue weighted by Gasteiger charge is 2.09. The summed E-state index contributed by atoms with van der Waals surface area (Å²) in [4.78, 5) is 24.3. The van der Waals surface area contributed by atoms with Gasteiger partial charge in [0.25, 0.3) is 0 Å². The van der Waals surface area contributed by atoms with Crippen LogP contribution in [0.1, 0.15) is 89.5 Å². The maximum absolute atomic E-state index is 11.6. The average molecular weight is 532 g/mol. The number of hydrogen-bond donors (Lipinski definition) is 2. The van der Waals surface area contributed by atoms with Gasteiger partial charge >= 0.3 is 5.97 Å². The van der Waals surface area contributed by atoms with E-state index in [0.717, 1.165) is 44.1 Å². The van der Waals surface area contributed by atoms with Crippen LogP contribution in [0.2, 0.25) is 0 Å². The minimum absolute atomic E-state index is 0.0213. The number of hydrogen-bond acceptors (Lipinski definition) is 5. The Hall–Kier alpha value is -2.80. The molecule has 0 spiro atoms. The molecule has 214 valence electrons. The van der Waals surface area contributed by atoms with E-state index in [1.807, 2.05) is 30.4 Å². The van der Waals surface area contributed by atoms with Gasteiger partial charge in [-0.3, -0.25) is 9.59 Å². The molecule has 0 fully saturated rings. The molecule has 0 saturated carbocycles. The summed E-state index contributed by atoms with van der Waals surface area (Å²) < 4.78 is 11.8. The van der Waals surface area contributed by atoms with Crippen molar-refractivity contribution >= 4 is 11.9 Å². The Kier molecular flexibility index (Phi) is 18.5. The lowest BCUT2D eigenvalue weighted by atomic mass is 10.1. The second-order valence-corrected chi connectivity index (χ2v) is 9.80. The van der Waals surface area contributed by atoms with Gasteiger partial charge in [0.1, 0.15) is 11.5 Å². The first-order chi connectivity index (χ1) is 18.3. The number of aryl methyl sites for hydroxylation is 1. The number of allylic oxidation sites excluding steroid dienone is 2. The highest BCUT2D eigenvalue weighted by Crippen LogP contribution is 2.26. The topological polar surface area (TPSA) is 96.3 Å². The summed E-state index contributed by atoms with van der Waals surface area (Å²) in [6.45, 7) is 3.23. The van der Waals surface area contributed by atoms with Gasteiger partial charge in [0.15, 0.2) is 0 Å². The van der Waals surface area contributed by atoms with Crippen LogP contribution in [0.5, 0.6) is 11.5 Å². The zero-order chi connectivity index (χ0) is 28.0. The first kappa shape index (κ1) is 33.2. The molecule has 7 heteroatoms. The van der Waals surface area contributed by atoms with Crippen LogP contribution in [0.25, 0.3) is 0 Å². The number of rotatable bonds is 22. The summed E-state index contributed by atoms with van der Waals surface area (Å²) >= 11 is 0. The molecule has 1 amide bonds. The zero-order valence-electron chi connectivity index (χ0n) is 23.7. The summed E-state index contributed by atoms with van der Waals surface area (Å²) in [7, 11) is 3.50. The number of unbranched alkanes of at least 4 members (excludes halogenated alkanes) is 6. The molecule has 0 radical (unpaired) electrons. The van der Waals surface area contributed by atoms with Crippen molar-refractivity contribution in [2.45, 2.75) is 96.5 Å². The van der Waals surface area contributed by atoms with Gasteiger partial charge in [0, 0.05) is 26.9 Å². The fourth-order valence-electron chi connectivity index (χ4n) is 3.76. The minimum Gasteiger partial charge on any atom is -0.494 e. The Labute approximate surface area is 229 Å². The predicted octanol–water partition coefficient (Wildman–Crippen LogP) is 6.33. The Bertz CT molecular complexity index is 849. The van der Waals surface area contributed by atoms with Crippen LogP contribution < -0.4 is 9.47 Å². The maximum atomic E-state index is 11.6. The SMILES string of the molecule is CCCCCC=CCC(O)C=CCCCCOc1ccc(OCCCCC(=O)N(C)C)cc1CCC(=O)O. The van der Waals surface area contributed by atoms with Crippen LogP contribution in [0.3, 0.4) is 0 Å². The van der Waals surface area contributed by atoms with Crippen LogP contribution in [0, 0.1) is 0 Å². The number of carboxylic acids is 1. The fraction of sp³-hybridized carbons (Fsp3) is 0.613. The summed E-state index contributed by atoms with van der Waals surface area (Å²) in [5.41, 5.74) is 0.818. The van der Waals surface area contributed by atoms with E-state index < -0.39 is 12.1 Å². The van der Waals surface area contributed by atoms with Crippen LogP contribution in [0.4, 0.5) is 0 Å². The molecule has 1 rings (SSSR count). The minimum atomic E-state index is -0.853. The molecule has 0 aliphatic heterocycles. The molecule has 0 heterocycles. The molecular weight excluding hydrogens is 482 g/mol. The van der Waals surface area contributed by atoms with E-state index in [4.69, 9.17) is 14.6 Å². The van der Waals surface area contributed by atoms with Crippen molar-refractivity contribution in [3.63, 3.8) is 0 Å². The lowest BCUT2D eigenvalue weighted by Crippen LogP contribution is -2.21. The maximum Gasteiger partial charge on any atom is 0.303 e. The van der Waals surface area contributed by atoms with Gasteiger partial charge in [-0.05, 0) is 81.5 Å². The van der Waals surface area contributed by atoms with Gasteiger partial charge < -0.3 is 24.6 Å². The number of carbonyl (C=O) groups excluding carboxylic acids is 1. The van der Waals surface area contributed by atoms with Crippen molar-refractivity contribution in [3.8, 4) is 11.5 Å². The third kappa shape index (κ3) is 16.8. The van der Waals surface area contributed by atoms with Crippen LogP contribution in [0.15, 0.2) is 42.5 Å². The molecule has 1 aromatic rings. The highest BCUT2D eigenvalue weighted by molar-refractivity contribution is 5.75. The molecule has 38 heavy (non-hydrogen) atoms. The van der Waals surface area contributed by atoms with E-state index in [-0.39, 0.29) is 12.3 Å². The molecule has 0 aliphatic rings. The Balaban J connectivity index is 2.38. The first-order valence-electron chi connectivity index (χ1n) is 14.1. The molecule has 7 nitrogen and oxygen atoms in total. The number of aliphatic hydroxyl groups is 1. The van der Waals surface area contributed by atoms with E-state index in [9.17, 15) is 14.7 Å². The number of amides is 1. The predicted molar refractivity (Wildman–Crippen MR) is 153 cm³/mol. The summed E-state index contributed by atoms with van der Waals surface area (Å²) in [5.74, 6) is 0.619. The summed E-state index contributed by atoms with van der Waals surface area (Å²) in [5, 5.41) is 19.2. The van der Waals surface area contributed by atoms with Crippen molar-refractivity contribution < 1.29 is 29.3 Å². The second-order valence-electron chi connectivity index (χ2n) is 9.80. The van der Waals surface area contributed by atoms with Gasteiger partial charge in [0.05, 0.1) is 19.3 Å². The summed E-state index contributed by atoms with van der Waals surface area (Å²) in [6, 6.07) is 5.53. The molecule has 2 N–H and O–H groups in total. The van der Waals surface area contributed by atoms with Crippen LogP contribution in [-0.4, -0.2) is 60.4 Å². The van der Waals surface area contributed by atoms with Crippen LogP contribution >= 0.6 is 0 Å². The van der Waals surface area contributed by atoms with Gasteiger partial charge in [-0.2, -0.15) is 0 Å². The molecule has 0 aromatic heterocycles. The number of aliphatic hydroxyl groups excluding tert-OH is 1. The van der Waals surface area contributed by atoms with E-state index in [0.29, 0.717) is 44.0 Å². The average Bonchev–Trinajstić information content (AvgIpc) is 2.89. The van der Waals surface area contributed by atoms with E-state index in [2.05, 4.69) is 19.1 Å². The van der Waals surface area contributed by atoms with Gasteiger partial charge in [0.2, 0.25) is 5.91 Å². The lowest BCUT2D eigenvalue weighted by Gasteiger charge is -2.14. The Morgan fingerprint density at radius 3 is 2.37 bits per heavy atom. The van der Waals surface area contributed by atoms with Crippen LogP contribution in [-0.2, 0) is 16.0 Å². The van der Waals surface area contributed by atoms with Gasteiger partial charge in [-0.25, -0.2) is 0 Å². The van der Waals surface area contributed by atoms with E-state index in [1.165, 1.54) is 19.3 Å². The largest absolute Gasteiger partial charge is 0.494 e. The quantitative estimate of drug-likeness (QED) is 0.134. The molecule has 0 aliphatic carbocycles.